The number of rotatable bonds is 6. The highest BCUT2D eigenvalue weighted by Crippen LogP contribution is 2.24. The Labute approximate surface area is 107 Å². The zero-order valence-electron chi connectivity index (χ0n) is 10.4. The molecule has 0 radical (unpaired) electrons. The summed E-state index contributed by atoms with van der Waals surface area (Å²) < 4.78 is 25.9. The fourth-order valence-corrected chi connectivity index (χ4v) is 3.85. The van der Waals surface area contributed by atoms with Crippen molar-refractivity contribution < 1.29 is 8.42 Å². The third-order valence-corrected chi connectivity index (χ3v) is 5.63. The Balaban J connectivity index is 2.64. The van der Waals surface area contributed by atoms with E-state index in [2.05, 4.69) is 0 Å². The lowest BCUT2D eigenvalue weighted by molar-refractivity contribution is 0.370. The largest absolute Gasteiger partial charge is 0.398 e. The van der Waals surface area contributed by atoms with Gasteiger partial charge in [-0.1, -0.05) is 0 Å². The molecular formula is C10H19N3O2S2. The minimum Gasteiger partial charge on any atom is -0.398 e. The summed E-state index contributed by atoms with van der Waals surface area (Å²) in [5.74, 6) is 0. The number of hydrogen-bond acceptors (Lipinski definition) is 5. The van der Waals surface area contributed by atoms with Gasteiger partial charge >= 0.3 is 0 Å². The van der Waals surface area contributed by atoms with Gasteiger partial charge in [0.05, 0.1) is 0 Å². The van der Waals surface area contributed by atoms with Crippen molar-refractivity contribution in [3.63, 3.8) is 0 Å². The molecule has 0 aliphatic carbocycles. The van der Waals surface area contributed by atoms with Crippen LogP contribution in [0.3, 0.4) is 0 Å². The van der Waals surface area contributed by atoms with Crippen molar-refractivity contribution in [2.75, 3.05) is 40.0 Å². The second-order valence-corrected chi connectivity index (χ2v) is 7.37. The molecule has 0 unspecified atom stereocenters. The van der Waals surface area contributed by atoms with E-state index in [1.807, 2.05) is 19.0 Å². The molecule has 5 nitrogen and oxygen atoms in total. The molecule has 0 aliphatic heterocycles. The van der Waals surface area contributed by atoms with Crippen molar-refractivity contribution >= 4 is 27.0 Å². The summed E-state index contributed by atoms with van der Waals surface area (Å²) in [5.41, 5.74) is 6.03. The summed E-state index contributed by atoms with van der Waals surface area (Å²) in [6, 6.07) is 1.50. The quantitative estimate of drug-likeness (QED) is 0.839. The molecule has 1 aromatic heterocycles. The molecule has 17 heavy (non-hydrogen) atoms. The van der Waals surface area contributed by atoms with Gasteiger partial charge < -0.3 is 10.6 Å². The summed E-state index contributed by atoms with van der Waals surface area (Å²) >= 11 is 1.16. The van der Waals surface area contributed by atoms with Gasteiger partial charge in [-0.3, -0.25) is 0 Å². The second kappa shape index (κ2) is 5.81. The Bertz CT molecular complexity index is 454. The first kappa shape index (κ1) is 14.4. The predicted octanol–water partition coefficient (Wildman–Crippen LogP) is 0.903. The first-order valence-electron chi connectivity index (χ1n) is 5.29. The Morgan fingerprint density at radius 1 is 1.29 bits per heavy atom. The van der Waals surface area contributed by atoms with Crippen LogP contribution in [-0.2, 0) is 10.0 Å². The number of hydrogen-bond donors (Lipinski definition) is 1. The number of sulfonamides is 1. The molecule has 0 bridgehead atoms. The van der Waals surface area contributed by atoms with Gasteiger partial charge in [0.2, 0.25) is 0 Å². The predicted molar refractivity (Wildman–Crippen MR) is 71.7 cm³/mol. The van der Waals surface area contributed by atoms with Crippen LogP contribution in [-0.4, -0.2) is 51.9 Å². The van der Waals surface area contributed by atoms with Gasteiger partial charge in [0.1, 0.15) is 4.21 Å². The van der Waals surface area contributed by atoms with Gasteiger partial charge in [-0.05, 0) is 33.1 Å². The summed E-state index contributed by atoms with van der Waals surface area (Å²) in [7, 11) is 2.17. The van der Waals surface area contributed by atoms with Crippen LogP contribution in [0.4, 0.5) is 5.69 Å². The zero-order chi connectivity index (χ0) is 13.1. The van der Waals surface area contributed by atoms with E-state index in [9.17, 15) is 8.42 Å². The van der Waals surface area contributed by atoms with E-state index in [1.165, 1.54) is 10.4 Å². The monoisotopic (exact) mass is 277 g/mol. The average Bonchev–Trinajstić information content (AvgIpc) is 2.64. The molecule has 1 heterocycles. The van der Waals surface area contributed by atoms with E-state index in [4.69, 9.17) is 5.73 Å². The van der Waals surface area contributed by atoms with Crippen LogP contribution in [0, 0.1) is 0 Å². The Morgan fingerprint density at radius 3 is 2.41 bits per heavy atom. The van der Waals surface area contributed by atoms with Crippen LogP contribution in [0.1, 0.15) is 6.42 Å². The maximum Gasteiger partial charge on any atom is 0.252 e. The number of nitrogens with two attached hydrogens (primary N) is 1. The number of nitrogen functional groups attached to an aromatic ring is 1. The lowest BCUT2D eigenvalue weighted by Gasteiger charge is -2.17. The smallest absolute Gasteiger partial charge is 0.252 e. The van der Waals surface area contributed by atoms with E-state index < -0.39 is 10.0 Å². The van der Waals surface area contributed by atoms with Gasteiger partial charge in [-0.15, -0.1) is 11.3 Å². The highest BCUT2D eigenvalue weighted by Gasteiger charge is 2.21. The SMILES string of the molecule is CN(C)CCCN(C)S(=O)(=O)c1cc(N)cs1. The molecule has 0 aliphatic rings. The summed E-state index contributed by atoms with van der Waals surface area (Å²) in [6.45, 7) is 1.38. The Kier molecular flexibility index (Phi) is 4.93. The maximum atomic E-state index is 12.1. The van der Waals surface area contributed by atoms with Crippen molar-refractivity contribution in [2.45, 2.75) is 10.6 Å². The Hall–Kier alpha value is -0.630. The molecule has 1 aromatic rings. The molecule has 0 saturated carbocycles. The minimum atomic E-state index is -3.36. The highest BCUT2D eigenvalue weighted by molar-refractivity contribution is 7.91. The minimum absolute atomic E-state index is 0.308. The number of anilines is 1. The molecule has 0 spiro atoms. The molecular weight excluding hydrogens is 258 g/mol. The number of nitrogens with zero attached hydrogens (tertiary/aromatic N) is 2. The third kappa shape index (κ3) is 3.95. The molecule has 7 heteroatoms. The zero-order valence-corrected chi connectivity index (χ0v) is 12.0. The van der Waals surface area contributed by atoms with Gasteiger partial charge in [0, 0.05) is 24.7 Å². The van der Waals surface area contributed by atoms with E-state index in [0.717, 1.165) is 24.3 Å². The van der Waals surface area contributed by atoms with Crippen molar-refractivity contribution in [3.05, 3.63) is 11.4 Å². The average molecular weight is 277 g/mol. The van der Waals surface area contributed by atoms with Crippen molar-refractivity contribution in [2.24, 2.45) is 0 Å². The molecule has 0 saturated heterocycles. The van der Waals surface area contributed by atoms with Crippen LogP contribution in [0.5, 0.6) is 0 Å². The second-order valence-electron chi connectivity index (χ2n) is 4.18. The normalized spacial score (nSPS) is 12.5. The van der Waals surface area contributed by atoms with Gasteiger partial charge in [-0.25, -0.2) is 12.7 Å². The Morgan fingerprint density at radius 2 is 1.94 bits per heavy atom. The molecule has 0 amide bonds. The van der Waals surface area contributed by atoms with Gasteiger partial charge in [0.15, 0.2) is 0 Å². The van der Waals surface area contributed by atoms with Crippen LogP contribution >= 0.6 is 11.3 Å². The maximum absolute atomic E-state index is 12.1. The first-order valence-corrected chi connectivity index (χ1v) is 7.61. The molecule has 0 aromatic carbocycles. The molecule has 0 atom stereocenters. The molecule has 2 N–H and O–H groups in total. The molecule has 0 fully saturated rings. The standard InChI is InChI=1S/C10H19N3O2S2/c1-12(2)5-4-6-13(3)17(14,15)10-7-9(11)8-16-10/h7-8H,4-6,11H2,1-3H3. The topological polar surface area (TPSA) is 66.6 Å². The van der Waals surface area contributed by atoms with Crippen molar-refractivity contribution in [3.8, 4) is 0 Å². The van der Waals surface area contributed by atoms with E-state index >= 15 is 0 Å². The summed E-state index contributed by atoms with van der Waals surface area (Å²) in [6.07, 6.45) is 0.809. The lowest BCUT2D eigenvalue weighted by Crippen LogP contribution is -2.29. The number of thiophene rings is 1. The van der Waals surface area contributed by atoms with E-state index in [-0.39, 0.29) is 0 Å². The van der Waals surface area contributed by atoms with E-state index in [1.54, 1.807) is 12.4 Å². The molecule has 98 valence electrons. The van der Waals surface area contributed by atoms with Crippen molar-refractivity contribution in [1.82, 2.24) is 9.21 Å². The van der Waals surface area contributed by atoms with E-state index in [0.29, 0.717) is 16.4 Å². The van der Waals surface area contributed by atoms with Crippen LogP contribution < -0.4 is 5.73 Å². The van der Waals surface area contributed by atoms with Crippen LogP contribution in [0.2, 0.25) is 0 Å². The lowest BCUT2D eigenvalue weighted by atomic mass is 10.4. The summed E-state index contributed by atoms with van der Waals surface area (Å²) in [4.78, 5) is 2.03. The fourth-order valence-electron chi connectivity index (χ4n) is 1.35. The third-order valence-electron chi connectivity index (χ3n) is 2.34. The molecule has 1 rings (SSSR count). The highest BCUT2D eigenvalue weighted by atomic mass is 32.2. The fraction of sp³-hybridized carbons (Fsp3) is 0.600. The van der Waals surface area contributed by atoms with Crippen LogP contribution in [0.15, 0.2) is 15.7 Å². The van der Waals surface area contributed by atoms with Gasteiger partial charge in [0.25, 0.3) is 10.0 Å². The van der Waals surface area contributed by atoms with Gasteiger partial charge in [-0.2, -0.15) is 0 Å². The van der Waals surface area contributed by atoms with Crippen molar-refractivity contribution in [1.29, 1.82) is 0 Å². The van der Waals surface area contributed by atoms with Crippen LogP contribution in [0.25, 0.3) is 0 Å². The summed E-state index contributed by atoms with van der Waals surface area (Å²) in [5, 5.41) is 1.64. The first-order chi connectivity index (χ1) is 7.84.